The molecule has 47 heavy (non-hydrogen) atoms. The minimum absolute atomic E-state index is 0.0111. The first-order valence-electron chi connectivity index (χ1n) is 15.3. The highest BCUT2D eigenvalue weighted by atomic mass is 79.9. The Kier molecular flexibility index (Phi) is 12.6. The first-order chi connectivity index (χ1) is 22.5. The van der Waals surface area contributed by atoms with E-state index in [4.69, 9.17) is 4.74 Å². The number of amides is 2. The molecule has 1 atom stereocenters. The van der Waals surface area contributed by atoms with Crippen LogP contribution < -0.4 is 14.4 Å². The van der Waals surface area contributed by atoms with Crippen LogP contribution in [-0.4, -0.2) is 50.9 Å². The number of hydrogen-bond acceptors (Lipinski definition) is 5. The van der Waals surface area contributed by atoms with E-state index in [1.807, 2.05) is 51.1 Å². The van der Waals surface area contributed by atoms with Crippen molar-refractivity contribution in [3.8, 4) is 5.75 Å². The van der Waals surface area contributed by atoms with Crippen molar-refractivity contribution >= 4 is 43.5 Å². The molecule has 4 rings (SSSR count). The Labute approximate surface area is 284 Å². The second-order valence-corrected chi connectivity index (χ2v) is 14.2. The summed E-state index contributed by atoms with van der Waals surface area (Å²) in [7, 11) is -4.26. The van der Waals surface area contributed by atoms with Crippen molar-refractivity contribution in [2.75, 3.05) is 24.0 Å². The van der Waals surface area contributed by atoms with Gasteiger partial charge in [-0.2, -0.15) is 0 Å². The molecule has 2 amide bonds. The van der Waals surface area contributed by atoms with Crippen LogP contribution in [0.2, 0.25) is 0 Å². The molecule has 0 saturated carbocycles. The third-order valence-corrected chi connectivity index (χ3v) is 9.65. The van der Waals surface area contributed by atoms with E-state index in [9.17, 15) is 22.4 Å². The normalized spacial score (nSPS) is 12.0. The quantitative estimate of drug-likeness (QED) is 0.149. The lowest BCUT2D eigenvalue weighted by Crippen LogP contribution is -2.53. The minimum Gasteiger partial charge on any atom is -0.494 e. The van der Waals surface area contributed by atoms with Gasteiger partial charge in [-0.15, -0.1) is 0 Å². The predicted molar refractivity (Wildman–Crippen MR) is 185 cm³/mol. The van der Waals surface area contributed by atoms with Crippen LogP contribution in [0.1, 0.15) is 31.9 Å². The summed E-state index contributed by atoms with van der Waals surface area (Å²) in [5, 5.41) is 2.95. The van der Waals surface area contributed by atoms with Gasteiger partial charge in [-0.3, -0.25) is 13.9 Å². The topological polar surface area (TPSA) is 96.0 Å². The lowest BCUT2D eigenvalue weighted by atomic mass is 10.0. The molecule has 1 N–H and O–H groups in total. The lowest BCUT2D eigenvalue weighted by Gasteiger charge is -2.34. The number of nitrogens with zero attached hydrogens (tertiary/aromatic N) is 2. The van der Waals surface area contributed by atoms with Gasteiger partial charge in [0.1, 0.15) is 24.2 Å². The Morgan fingerprint density at radius 1 is 0.872 bits per heavy atom. The second kappa shape index (κ2) is 16.6. The molecule has 0 spiro atoms. The summed E-state index contributed by atoms with van der Waals surface area (Å²) >= 11 is 3.35. The van der Waals surface area contributed by atoms with E-state index in [-0.39, 0.29) is 35.4 Å². The summed E-state index contributed by atoms with van der Waals surface area (Å²) < 4.78 is 49.5. The molecule has 0 bridgehead atoms. The monoisotopic (exact) mass is 723 g/mol. The van der Waals surface area contributed by atoms with E-state index in [1.165, 1.54) is 29.2 Å². The number of carbonyl (C=O) groups is 2. The summed E-state index contributed by atoms with van der Waals surface area (Å²) in [4.78, 5) is 29.7. The highest BCUT2D eigenvalue weighted by Crippen LogP contribution is 2.28. The summed E-state index contributed by atoms with van der Waals surface area (Å²) in [5.41, 5.74) is 1.65. The highest BCUT2D eigenvalue weighted by molar-refractivity contribution is 9.10. The standard InChI is InChI=1S/C36H39BrFN3O5S/c1-4-46-32-18-16-31(17-19-32)41(47(44,45)33-20-12-29(37)13-21-33)25-35(42)40(24-28-10-14-30(38)15-11-28)34(36(43)39-23-26(2)3)22-27-8-6-5-7-9-27/h5-21,26,34H,4,22-25H2,1-3H3,(H,39,43)/t34-/m0/s1. The van der Waals surface area contributed by atoms with Gasteiger partial charge in [-0.1, -0.05) is 72.2 Å². The third kappa shape index (κ3) is 9.89. The van der Waals surface area contributed by atoms with Crippen molar-refractivity contribution in [3.63, 3.8) is 0 Å². The molecular formula is C36H39BrFN3O5S. The number of hydrogen-bond donors (Lipinski definition) is 1. The molecule has 4 aromatic carbocycles. The largest absolute Gasteiger partial charge is 0.494 e. The first-order valence-corrected chi connectivity index (χ1v) is 17.6. The molecule has 0 heterocycles. The van der Waals surface area contributed by atoms with Crippen LogP contribution in [0.15, 0.2) is 112 Å². The maximum Gasteiger partial charge on any atom is 0.264 e. The van der Waals surface area contributed by atoms with Gasteiger partial charge in [0.05, 0.1) is 17.2 Å². The lowest BCUT2D eigenvalue weighted by molar-refractivity contribution is -0.140. The van der Waals surface area contributed by atoms with Crippen LogP contribution >= 0.6 is 15.9 Å². The van der Waals surface area contributed by atoms with Crippen LogP contribution in [0.3, 0.4) is 0 Å². The third-order valence-electron chi connectivity index (χ3n) is 7.34. The van der Waals surface area contributed by atoms with Gasteiger partial charge >= 0.3 is 0 Å². The fraction of sp³-hybridized carbons (Fsp3) is 0.278. The van der Waals surface area contributed by atoms with Gasteiger partial charge < -0.3 is 15.0 Å². The minimum atomic E-state index is -4.26. The van der Waals surface area contributed by atoms with Crippen molar-refractivity contribution in [1.29, 1.82) is 0 Å². The second-order valence-electron chi connectivity index (χ2n) is 11.4. The van der Waals surface area contributed by atoms with E-state index in [1.54, 1.807) is 48.5 Å². The molecule has 4 aromatic rings. The fourth-order valence-corrected chi connectivity index (χ4v) is 6.58. The zero-order valence-electron chi connectivity index (χ0n) is 26.6. The molecule has 0 unspecified atom stereocenters. The van der Waals surface area contributed by atoms with Gasteiger partial charge in [-0.25, -0.2) is 12.8 Å². The Bertz CT molecular complexity index is 1720. The molecular weight excluding hydrogens is 685 g/mol. The Morgan fingerprint density at radius 3 is 2.11 bits per heavy atom. The van der Waals surface area contributed by atoms with Crippen LogP contribution in [0.5, 0.6) is 5.75 Å². The van der Waals surface area contributed by atoms with E-state index < -0.39 is 34.3 Å². The van der Waals surface area contributed by atoms with Gasteiger partial charge in [0.2, 0.25) is 11.8 Å². The van der Waals surface area contributed by atoms with Crippen molar-refractivity contribution in [2.24, 2.45) is 5.92 Å². The smallest absolute Gasteiger partial charge is 0.264 e. The van der Waals surface area contributed by atoms with Crippen LogP contribution in [0.25, 0.3) is 0 Å². The molecule has 0 radical (unpaired) electrons. The van der Waals surface area contributed by atoms with Crippen molar-refractivity contribution in [3.05, 3.63) is 125 Å². The molecule has 0 aliphatic heterocycles. The average Bonchev–Trinajstić information content (AvgIpc) is 3.06. The molecule has 0 aliphatic carbocycles. The Hall–Kier alpha value is -4.22. The van der Waals surface area contributed by atoms with Crippen molar-refractivity contribution < 1.29 is 27.1 Å². The van der Waals surface area contributed by atoms with Crippen LogP contribution in [0, 0.1) is 11.7 Å². The maximum absolute atomic E-state index is 14.5. The summed E-state index contributed by atoms with van der Waals surface area (Å²) in [6, 6.07) is 26.5. The number of anilines is 1. The number of sulfonamides is 1. The van der Waals surface area contributed by atoms with Crippen LogP contribution in [-0.2, 0) is 32.6 Å². The van der Waals surface area contributed by atoms with Crippen LogP contribution in [0.4, 0.5) is 10.1 Å². The van der Waals surface area contributed by atoms with Gasteiger partial charge in [0, 0.05) is 24.0 Å². The molecule has 8 nitrogen and oxygen atoms in total. The Morgan fingerprint density at radius 2 is 1.51 bits per heavy atom. The zero-order chi connectivity index (χ0) is 34.0. The number of rotatable bonds is 15. The summed E-state index contributed by atoms with van der Waals surface area (Å²) in [6.07, 6.45) is 0.181. The Balaban J connectivity index is 1.79. The summed E-state index contributed by atoms with van der Waals surface area (Å²) in [6.45, 7) is 5.94. The van der Waals surface area contributed by atoms with E-state index in [0.717, 1.165) is 9.87 Å². The molecule has 248 valence electrons. The first kappa shape index (κ1) is 35.6. The van der Waals surface area contributed by atoms with E-state index in [2.05, 4.69) is 21.2 Å². The molecule has 0 saturated heterocycles. The highest BCUT2D eigenvalue weighted by Gasteiger charge is 2.34. The number of ether oxygens (including phenoxy) is 1. The molecule has 11 heteroatoms. The molecule has 0 fully saturated rings. The van der Waals surface area contributed by atoms with Gasteiger partial charge in [0.25, 0.3) is 10.0 Å². The van der Waals surface area contributed by atoms with Gasteiger partial charge in [0.15, 0.2) is 0 Å². The molecule has 0 aromatic heterocycles. The maximum atomic E-state index is 14.5. The number of benzene rings is 4. The summed E-state index contributed by atoms with van der Waals surface area (Å²) in [5.74, 6) is -0.717. The predicted octanol–water partition coefficient (Wildman–Crippen LogP) is 6.59. The zero-order valence-corrected chi connectivity index (χ0v) is 29.0. The van der Waals surface area contributed by atoms with E-state index >= 15 is 0 Å². The van der Waals surface area contributed by atoms with Gasteiger partial charge in [-0.05, 0) is 84.6 Å². The average molecular weight is 725 g/mol. The molecule has 0 aliphatic rings. The SMILES string of the molecule is CCOc1ccc(N(CC(=O)N(Cc2ccc(F)cc2)[C@@H](Cc2ccccc2)C(=O)NCC(C)C)S(=O)(=O)c2ccc(Br)cc2)cc1. The number of nitrogens with one attached hydrogen (secondary N) is 1. The number of halogens is 2. The number of carbonyl (C=O) groups excluding carboxylic acids is 2. The van der Waals surface area contributed by atoms with Crippen molar-refractivity contribution in [1.82, 2.24) is 10.2 Å². The van der Waals surface area contributed by atoms with Crippen molar-refractivity contribution in [2.45, 2.75) is 44.7 Å². The fourth-order valence-electron chi connectivity index (χ4n) is 4.90. The van der Waals surface area contributed by atoms with E-state index in [0.29, 0.717) is 28.9 Å².